The van der Waals surface area contributed by atoms with E-state index in [2.05, 4.69) is 32.6 Å². The minimum Gasteiger partial charge on any atom is -0.393 e. The molecule has 1 fully saturated rings. The van der Waals surface area contributed by atoms with Gasteiger partial charge in [-0.2, -0.15) is 0 Å². The topological polar surface area (TPSA) is 29.3 Å². The highest BCUT2D eigenvalue weighted by Gasteiger charge is 2.27. The molecule has 0 amide bonds. The van der Waals surface area contributed by atoms with E-state index in [1.165, 1.54) is 19.4 Å². The van der Waals surface area contributed by atoms with E-state index in [0.717, 1.165) is 18.9 Å². The summed E-state index contributed by atoms with van der Waals surface area (Å²) in [5, 5.41) is 0. The summed E-state index contributed by atoms with van der Waals surface area (Å²) in [6.07, 6.45) is 3.77. The van der Waals surface area contributed by atoms with E-state index in [4.69, 9.17) is 18.0 Å². The zero-order chi connectivity index (χ0) is 12.3. The quantitative estimate of drug-likeness (QED) is 0.769. The van der Waals surface area contributed by atoms with Gasteiger partial charge in [0.2, 0.25) is 0 Å². The highest BCUT2D eigenvalue weighted by atomic mass is 32.1. The molecular weight excluding hydrogens is 216 g/mol. The standard InChI is InChI=1S/C13H26N2S/c1-10-6-5-8-15(11(10)2)9-7-13(3,4)12(14)16/h10-11H,5-9H2,1-4H3,(H2,14,16). The molecule has 0 radical (unpaired) electrons. The second-order valence-electron chi connectivity index (χ2n) is 5.89. The number of hydrogen-bond acceptors (Lipinski definition) is 2. The second-order valence-corrected chi connectivity index (χ2v) is 6.33. The molecule has 0 bridgehead atoms. The molecule has 0 aromatic carbocycles. The van der Waals surface area contributed by atoms with Crippen molar-refractivity contribution < 1.29 is 0 Å². The summed E-state index contributed by atoms with van der Waals surface area (Å²) in [5.41, 5.74) is 5.76. The minimum atomic E-state index is -0.00423. The fourth-order valence-electron chi connectivity index (χ4n) is 2.28. The smallest absolute Gasteiger partial charge is 0.0784 e. The third-order valence-corrected chi connectivity index (χ3v) is 4.75. The maximum Gasteiger partial charge on any atom is 0.0784 e. The van der Waals surface area contributed by atoms with Gasteiger partial charge in [0, 0.05) is 11.5 Å². The van der Waals surface area contributed by atoms with E-state index in [0.29, 0.717) is 11.0 Å². The van der Waals surface area contributed by atoms with Crippen LogP contribution < -0.4 is 5.73 Å². The van der Waals surface area contributed by atoms with Crippen molar-refractivity contribution >= 4 is 17.2 Å². The first-order valence-corrected chi connectivity index (χ1v) is 6.79. The number of piperidine rings is 1. The van der Waals surface area contributed by atoms with Crippen LogP contribution >= 0.6 is 12.2 Å². The molecule has 1 saturated heterocycles. The molecule has 1 rings (SSSR count). The van der Waals surface area contributed by atoms with E-state index in [-0.39, 0.29) is 5.41 Å². The van der Waals surface area contributed by atoms with Crippen LogP contribution in [0.1, 0.15) is 47.0 Å². The lowest BCUT2D eigenvalue weighted by atomic mass is 9.87. The molecule has 0 aromatic rings. The lowest BCUT2D eigenvalue weighted by molar-refractivity contribution is 0.105. The summed E-state index contributed by atoms with van der Waals surface area (Å²) in [5.74, 6) is 0.821. The molecule has 3 heteroatoms. The summed E-state index contributed by atoms with van der Waals surface area (Å²) in [4.78, 5) is 3.24. The van der Waals surface area contributed by atoms with Gasteiger partial charge >= 0.3 is 0 Å². The normalized spacial score (nSPS) is 28.0. The number of hydrogen-bond donors (Lipinski definition) is 1. The molecular formula is C13H26N2S. The summed E-state index contributed by atoms with van der Waals surface area (Å²) < 4.78 is 0. The molecule has 2 nitrogen and oxygen atoms in total. The Morgan fingerprint density at radius 2 is 2.06 bits per heavy atom. The Hall–Kier alpha value is -0.150. The lowest BCUT2D eigenvalue weighted by Gasteiger charge is -2.39. The Morgan fingerprint density at radius 1 is 1.44 bits per heavy atom. The summed E-state index contributed by atoms with van der Waals surface area (Å²) in [7, 11) is 0. The predicted octanol–water partition coefficient (Wildman–Crippen LogP) is 2.81. The van der Waals surface area contributed by atoms with Crippen molar-refractivity contribution in [3.05, 3.63) is 0 Å². The van der Waals surface area contributed by atoms with Crippen molar-refractivity contribution in [2.24, 2.45) is 17.1 Å². The number of thiocarbonyl (C=S) groups is 1. The van der Waals surface area contributed by atoms with Crippen LogP contribution in [0.2, 0.25) is 0 Å². The molecule has 16 heavy (non-hydrogen) atoms. The van der Waals surface area contributed by atoms with Crippen molar-refractivity contribution in [3.8, 4) is 0 Å². The van der Waals surface area contributed by atoms with E-state index in [9.17, 15) is 0 Å². The monoisotopic (exact) mass is 242 g/mol. The zero-order valence-corrected chi connectivity index (χ0v) is 11.9. The third kappa shape index (κ3) is 3.42. The molecule has 2 unspecified atom stereocenters. The van der Waals surface area contributed by atoms with Gasteiger partial charge < -0.3 is 10.6 Å². The van der Waals surface area contributed by atoms with Crippen molar-refractivity contribution in [3.63, 3.8) is 0 Å². The van der Waals surface area contributed by atoms with E-state index >= 15 is 0 Å². The average molecular weight is 242 g/mol. The summed E-state index contributed by atoms with van der Waals surface area (Å²) in [6, 6.07) is 0.705. The van der Waals surface area contributed by atoms with Crippen molar-refractivity contribution in [1.29, 1.82) is 0 Å². The first-order valence-electron chi connectivity index (χ1n) is 6.38. The van der Waals surface area contributed by atoms with E-state index in [1.807, 2.05) is 0 Å². The van der Waals surface area contributed by atoms with Crippen molar-refractivity contribution in [2.75, 3.05) is 13.1 Å². The number of rotatable bonds is 4. The van der Waals surface area contributed by atoms with Crippen LogP contribution in [-0.4, -0.2) is 29.0 Å². The third-order valence-electron chi connectivity index (χ3n) is 4.20. The van der Waals surface area contributed by atoms with Crippen LogP contribution in [0.3, 0.4) is 0 Å². The first kappa shape index (κ1) is 13.9. The molecule has 0 spiro atoms. The minimum absolute atomic E-state index is 0.00423. The molecule has 2 atom stereocenters. The maximum atomic E-state index is 5.76. The molecule has 0 saturated carbocycles. The Kier molecular flexibility index (Phi) is 4.74. The number of nitrogens with zero attached hydrogens (tertiary/aromatic N) is 1. The predicted molar refractivity (Wildman–Crippen MR) is 74.6 cm³/mol. The van der Waals surface area contributed by atoms with Gasteiger partial charge in [0.15, 0.2) is 0 Å². The Morgan fingerprint density at radius 3 is 2.62 bits per heavy atom. The number of nitrogens with two attached hydrogens (primary N) is 1. The highest BCUT2D eigenvalue weighted by molar-refractivity contribution is 7.80. The molecule has 2 N–H and O–H groups in total. The van der Waals surface area contributed by atoms with Crippen LogP contribution in [0.5, 0.6) is 0 Å². The molecule has 1 heterocycles. The van der Waals surface area contributed by atoms with Gasteiger partial charge in [0.05, 0.1) is 4.99 Å². The number of likely N-dealkylation sites (tertiary alicyclic amines) is 1. The Labute approximate surface area is 106 Å². The zero-order valence-electron chi connectivity index (χ0n) is 11.1. The summed E-state index contributed by atoms with van der Waals surface area (Å²) in [6.45, 7) is 11.3. The van der Waals surface area contributed by atoms with Crippen molar-refractivity contribution in [1.82, 2.24) is 4.90 Å². The molecule has 1 aliphatic rings. The van der Waals surface area contributed by atoms with Crippen LogP contribution in [0.25, 0.3) is 0 Å². The van der Waals surface area contributed by atoms with Crippen LogP contribution in [-0.2, 0) is 0 Å². The van der Waals surface area contributed by atoms with E-state index in [1.54, 1.807) is 0 Å². The first-order chi connectivity index (χ1) is 7.34. The van der Waals surface area contributed by atoms with Gasteiger partial charge in [-0.15, -0.1) is 0 Å². The van der Waals surface area contributed by atoms with Gasteiger partial charge in [0.25, 0.3) is 0 Å². The van der Waals surface area contributed by atoms with Crippen LogP contribution in [0.4, 0.5) is 0 Å². The van der Waals surface area contributed by atoms with E-state index < -0.39 is 0 Å². The largest absolute Gasteiger partial charge is 0.393 e. The van der Waals surface area contributed by atoms with Crippen LogP contribution in [0.15, 0.2) is 0 Å². The molecule has 0 aromatic heterocycles. The van der Waals surface area contributed by atoms with Crippen LogP contribution in [0, 0.1) is 11.3 Å². The molecule has 0 aliphatic carbocycles. The van der Waals surface area contributed by atoms with Gasteiger partial charge in [-0.3, -0.25) is 0 Å². The SMILES string of the molecule is CC1CCCN(CCC(C)(C)C(N)=S)C1C. The maximum absolute atomic E-state index is 5.76. The van der Waals surface area contributed by atoms with Gasteiger partial charge in [0.1, 0.15) is 0 Å². The van der Waals surface area contributed by atoms with Crippen molar-refractivity contribution in [2.45, 2.75) is 53.0 Å². The average Bonchev–Trinajstić information content (AvgIpc) is 2.20. The second kappa shape index (κ2) is 5.46. The Balaban J connectivity index is 2.45. The fourth-order valence-corrected chi connectivity index (χ4v) is 2.38. The summed E-state index contributed by atoms with van der Waals surface area (Å²) >= 11 is 5.11. The van der Waals surface area contributed by atoms with Gasteiger partial charge in [-0.25, -0.2) is 0 Å². The van der Waals surface area contributed by atoms with Gasteiger partial charge in [-0.05, 0) is 45.2 Å². The molecule has 1 aliphatic heterocycles. The highest BCUT2D eigenvalue weighted by Crippen LogP contribution is 2.26. The fraction of sp³-hybridized carbons (Fsp3) is 0.923. The van der Waals surface area contributed by atoms with Gasteiger partial charge in [-0.1, -0.05) is 33.0 Å². The molecule has 94 valence electrons. The Bertz CT molecular complexity index is 250. The lowest BCUT2D eigenvalue weighted by Crippen LogP contribution is -2.44.